The molecule has 0 unspecified atom stereocenters. The zero-order valence-corrected chi connectivity index (χ0v) is 27.5. The van der Waals surface area contributed by atoms with Crippen LogP contribution in [0.2, 0.25) is 18.1 Å². The molecule has 5 rings (SSSR count). The van der Waals surface area contributed by atoms with Crippen LogP contribution in [0.15, 0.2) is 64.4 Å². The molecule has 0 aliphatic carbocycles. The first-order valence-corrected chi connectivity index (χ1v) is 17.7. The van der Waals surface area contributed by atoms with Crippen molar-refractivity contribution in [1.82, 2.24) is 4.57 Å². The largest absolute Gasteiger partial charge is 0.543 e. The number of esters is 1. The number of hydrogen-bond donors (Lipinski definition) is 0. The Bertz CT molecular complexity index is 1840. The molecule has 0 saturated carbocycles. The molecule has 0 N–H and O–H groups in total. The zero-order chi connectivity index (χ0) is 33.4. The lowest BCUT2D eigenvalue weighted by molar-refractivity contribution is -0.384. The Hall–Kier alpha value is -5.04. The Morgan fingerprint density at radius 3 is 2.46 bits per heavy atom. The summed E-state index contributed by atoms with van der Waals surface area (Å²) in [6, 6.07) is 12.1. The van der Waals surface area contributed by atoms with Gasteiger partial charge in [-0.2, -0.15) is 0 Å². The third-order valence-electron chi connectivity index (χ3n) is 8.65. The van der Waals surface area contributed by atoms with Gasteiger partial charge in [-0.25, -0.2) is 9.59 Å². The quantitative estimate of drug-likeness (QED) is 0.0928. The molecule has 3 heterocycles. The van der Waals surface area contributed by atoms with E-state index in [0.717, 1.165) is 23.4 Å². The number of hydrogen-bond acceptors (Lipinski definition) is 10. The van der Waals surface area contributed by atoms with Gasteiger partial charge in [-0.15, -0.1) is 0 Å². The van der Waals surface area contributed by atoms with Crippen LogP contribution in [0, 0.1) is 10.1 Å². The highest BCUT2D eigenvalue weighted by Crippen LogP contribution is 2.40. The molecule has 46 heavy (non-hydrogen) atoms. The summed E-state index contributed by atoms with van der Waals surface area (Å²) >= 11 is 0. The Morgan fingerprint density at radius 2 is 1.80 bits per heavy atom. The predicted octanol–water partition coefficient (Wildman–Crippen LogP) is 6.80. The normalized spacial score (nSPS) is 18.0. The van der Waals surface area contributed by atoms with Gasteiger partial charge in [-0.3, -0.25) is 19.9 Å². The molecule has 12 nitrogen and oxygen atoms in total. The number of cyclic esters (lactones) is 1. The predicted molar refractivity (Wildman–Crippen MR) is 173 cm³/mol. The molecular weight excluding hydrogens is 610 g/mol. The Balaban J connectivity index is 1.49. The lowest BCUT2D eigenvalue weighted by Crippen LogP contribution is -2.48. The molecule has 2 aromatic carbocycles. The second kappa shape index (κ2) is 12.0. The van der Waals surface area contributed by atoms with Gasteiger partial charge in [0, 0.05) is 29.8 Å². The monoisotopic (exact) mass is 645 g/mol. The molecule has 1 aromatic heterocycles. The van der Waals surface area contributed by atoms with E-state index in [4.69, 9.17) is 18.6 Å². The molecule has 3 aromatic rings. The van der Waals surface area contributed by atoms with Crippen LogP contribution in [0.5, 0.6) is 11.5 Å². The maximum absolute atomic E-state index is 13.8. The fraction of sp³-hybridized carbons (Fsp3) is 0.333. The molecule has 0 fully saturated rings. The summed E-state index contributed by atoms with van der Waals surface area (Å²) < 4.78 is 24.2. The number of aliphatic imine (C=N–C) groups is 1. The van der Waals surface area contributed by atoms with E-state index in [0.29, 0.717) is 11.4 Å². The first-order valence-electron chi connectivity index (χ1n) is 14.8. The zero-order valence-electron chi connectivity index (χ0n) is 26.5. The number of carbonyl (C=O) groups excluding carboxylic acids is 2. The lowest BCUT2D eigenvalue weighted by Gasteiger charge is -2.36. The minimum absolute atomic E-state index is 0.0225. The number of benzene rings is 2. The number of non-ortho nitro benzene ring substituents is 1. The Morgan fingerprint density at radius 1 is 1.11 bits per heavy atom. The Labute approximate surface area is 266 Å². The number of rotatable bonds is 6. The molecule has 240 valence electrons. The fourth-order valence-electron chi connectivity index (χ4n) is 4.98. The van der Waals surface area contributed by atoms with E-state index < -0.39 is 36.5 Å². The summed E-state index contributed by atoms with van der Waals surface area (Å²) in [4.78, 5) is 55.0. The maximum Gasteiger partial charge on any atom is 0.515 e. The van der Waals surface area contributed by atoms with Crippen LogP contribution in [0.4, 0.5) is 16.2 Å². The molecule has 0 spiro atoms. The van der Waals surface area contributed by atoms with Gasteiger partial charge in [0.25, 0.3) is 11.2 Å². The molecule has 0 saturated heterocycles. The van der Waals surface area contributed by atoms with Gasteiger partial charge in [0.05, 0.1) is 28.1 Å². The topological polar surface area (TPSA) is 149 Å². The van der Waals surface area contributed by atoms with Crippen LogP contribution in [0.1, 0.15) is 56.5 Å². The highest BCUT2D eigenvalue weighted by Gasteiger charge is 2.50. The van der Waals surface area contributed by atoms with Crippen molar-refractivity contribution in [2.75, 3.05) is 0 Å². The molecule has 2 aliphatic rings. The molecule has 0 bridgehead atoms. The highest BCUT2D eigenvalue weighted by molar-refractivity contribution is 6.74. The number of nitro benzene ring substituents is 1. The minimum Gasteiger partial charge on any atom is -0.543 e. The number of carbonyl (C=O) groups is 2. The van der Waals surface area contributed by atoms with Gasteiger partial charge in [0.1, 0.15) is 18.1 Å². The summed E-state index contributed by atoms with van der Waals surface area (Å²) in [5.41, 5.74) is -0.387. The van der Waals surface area contributed by atoms with E-state index >= 15 is 0 Å². The number of pyridine rings is 1. The van der Waals surface area contributed by atoms with Crippen LogP contribution in [0.25, 0.3) is 6.08 Å². The van der Waals surface area contributed by atoms with Crippen molar-refractivity contribution in [3.05, 3.63) is 97.5 Å². The van der Waals surface area contributed by atoms with Crippen LogP contribution in [-0.4, -0.2) is 36.1 Å². The van der Waals surface area contributed by atoms with E-state index in [2.05, 4.69) is 38.9 Å². The number of nitro groups is 1. The van der Waals surface area contributed by atoms with Crippen molar-refractivity contribution in [3.8, 4) is 11.5 Å². The third-order valence-corrected chi connectivity index (χ3v) is 13.0. The van der Waals surface area contributed by atoms with Gasteiger partial charge in [0.15, 0.2) is 0 Å². The number of aromatic nitrogens is 1. The minimum atomic E-state index is -2.08. The van der Waals surface area contributed by atoms with Crippen LogP contribution >= 0.6 is 0 Å². The van der Waals surface area contributed by atoms with Crippen molar-refractivity contribution in [2.24, 2.45) is 4.99 Å². The summed E-state index contributed by atoms with van der Waals surface area (Å²) in [5, 5.41) is 11.0. The van der Waals surface area contributed by atoms with Crippen molar-refractivity contribution >= 4 is 44.1 Å². The second-order valence-corrected chi connectivity index (χ2v) is 17.3. The Kier molecular flexibility index (Phi) is 8.47. The van der Waals surface area contributed by atoms with Gasteiger partial charge >= 0.3 is 12.1 Å². The number of fused-ring (bicyclic) bond motifs is 3. The molecular formula is C33H35N3O9Si. The first-order chi connectivity index (χ1) is 21.6. The number of ether oxygens (including phenoxy) is 3. The summed E-state index contributed by atoms with van der Waals surface area (Å²) in [5.74, 6) is -0.140. The van der Waals surface area contributed by atoms with Crippen LogP contribution in [-0.2, 0) is 33.0 Å². The fourth-order valence-corrected chi connectivity index (χ4v) is 6.00. The van der Waals surface area contributed by atoms with Crippen molar-refractivity contribution in [2.45, 2.75) is 71.0 Å². The smallest absolute Gasteiger partial charge is 0.515 e. The van der Waals surface area contributed by atoms with Gasteiger partial charge in [0.2, 0.25) is 13.9 Å². The van der Waals surface area contributed by atoms with E-state index in [1.54, 1.807) is 13.0 Å². The van der Waals surface area contributed by atoms with Gasteiger partial charge in [-0.1, -0.05) is 39.8 Å². The second-order valence-electron chi connectivity index (χ2n) is 12.6. The number of allylic oxidation sites excluding steroid dienone is 1. The standard InChI is InChI=1S/C33H35N3O9Si/c1-7-33(44-31(39)43-24-12-10-22(11-13-24)36(40)41)27-18-23-19-34-28-15-14-25(45-46(5,6)32(2,3)4)17-21(28)9-8-16-35(23)29(37)26(27)20-42-30(33)38/h8-15,17-19H,7,16,20H2,1-6H3/b9-8+,34-19?/t33-/m0/s1. The van der Waals surface area contributed by atoms with E-state index in [1.165, 1.54) is 22.9 Å². The van der Waals surface area contributed by atoms with Crippen LogP contribution < -0.4 is 14.7 Å². The summed E-state index contributed by atoms with van der Waals surface area (Å²) in [6.07, 6.45) is 3.97. The van der Waals surface area contributed by atoms with E-state index in [1.807, 2.05) is 30.4 Å². The van der Waals surface area contributed by atoms with Gasteiger partial charge in [-0.05, 0) is 61.0 Å². The molecule has 0 radical (unpaired) electrons. The average Bonchev–Trinajstić information content (AvgIpc) is 3.07. The van der Waals surface area contributed by atoms with E-state index in [9.17, 15) is 24.5 Å². The number of nitrogens with zero attached hydrogens (tertiary/aromatic N) is 3. The van der Waals surface area contributed by atoms with Crippen molar-refractivity contribution in [3.63, 3.8) is 0 Å². The maximum atomic E-state index is 13.8. The van der Waals surface area contributed by atoms with Crippen molar-refractivity contribution in [1.29, 1.82) is 0 Å². The molecule has 13 heteroatoms. The van der Waals surface area contributed by atoms with Gasteiger partial charge < -0.3 is 23.2 Å². The SMILES string of the molecule is CC[C@@]1(OC(=O)Oc2ccc([N+](=O)[O-])cc2)C(=O)OCc2c1cc1n(c2=O)C/C=C/c2cc(O[Si](C)(C)C(C)(C)C)ccc2N=C1. The first kappa shape index (κ1) is 32.4. The molecule has 2 aliphatic heterocycles. The average molecular weight is 646 g/mol. The third kappa shape index (κ3) is 6.10. The molecule has 0 amide bonds. The van der Waals surface area contributed by atoms with Crippen LogP contribution in [0.3, 0.4) is 0 Å². The molecule has 1 atom stereocenters. The summed E-state index contributed by atoms with van der Waals surface area (Å²) in [6.45, 7) is 12.4. The lowest BCUT2D eigenvalue weighted by atomic mass is 9.85. The summed E-state index contributed by atoms with van der Waals surface area (Å²) in [7, 11) is -2.08. The van der Waals surface area contributed by atoms with Crippen molar-refractivity contribution < 1.29 is 33.1 Å². The highest BCUT2D eigenvalue weighted by atomic mass is 28.4. The van der Waals surface area contributed by atoms with E-state index in [-0.39, 0.29) is 47.2 Å².